The van der Waals surface area contributed by atoms with Crippen LogP contribution in [-0.4, -0.2) is 36.6 Å². The molecule has 1 aliphatic rings. The number of aliphatic carboxylic acids is 1. The van der Waals surface area contributed by atoms with Gasteiger partial charge in [-0.15, -0.1) is 0 Å². The number of carbonyl (C=O) groups is 1. The van der Waals surface area contributed by atoms with Crippen molar-refractivity contribution in [1.82, 2.24) is 4.90 Å². The molecule has 3 heteroatoms. The van der Waals surface area contributed by atoms with Crippen LogP contribution in [-0.2, 0) is 4.79 Å². The number of hydrogen-bond acceptors (Lipinski definition) is 2. The Morgan fingerprint density at radius 2 is 1.21 bits per heavy atom. The standard InChI is InChI=1S/C30H59NO2/c1-4-5-6-7-10-14-19-27(24-25-31(2)3)20-15-11-8-9-12-16-21-28-26-29(28)22-17-13-18-23-30(32)33/h27-29H,4-26H2,1-3H3,(H,32,33). The summed E-state index contributed by atoms with van der Waals surface area (Å²) in [6.07, 6.45) is 29.3. The lowest BCUT2D eigenvalue weighted by Crippen LogP contribution is -2.17. The highest BCUT2D eigenvalue weighted by molar-refractivity contribution is 5.66. The van der Waals surface area contributed by atoms with Crippen LogP contribution in [0.1, 0.15) is 148 Å². The zero-order chi connectivity index (χ0) is 24.2. The summed E-state index contributed by atoms with van der Waals surface area (Å²) in [7, 11) is 4.43. The van der Waals surface area contributed by atoms with Gasteiger partial charge >= 0.3 is 5.97 Å². The van der Waals surface area contributed by atoms with Gasteiger partial charge in [0.15, 0.2) is 0 Å². The highest BCUT2D eigenvalue weighted by atomic mass is 16.4. The predicted molar refractivity (Wildman–Crippen MR) is 144 cm³/mol. The first kappa shape index (κ1) is 30.5. The third-order valence-electron chi connectivity index (χ3n) is 7.92. The topological polar surface area (TPSA) is 40.5 Å². The summed E-state index contributed by atoms with van der Waals surface area (Å²) in [5.74, 6) is 2.29. The third-order valence-corrected chi connectivity index (χ3v) is 7.92. The van der Waals surface area contributed by atoms with Crippen LogP contribution in [0.3, 0.4) is 0 Å². The van der Waals surface area contributed by atoms with Gasteiger partial charge in [0.1, 0.15) is 0 Å². The summed E-state index contributed by atoms with van der Waals surface area (Å²) in [5, 5.41) is 8.69. The van der Waals surface area contributed by atoms with E-state index in [4.69, 9.17) is 5.11 Å². The smallest absolute Gasteiger partial charge is 0.303 e. The third kappa shape index (κ3) is 19.4. The van der Waals surface area contributed by atoms with E-state index in [2.05, 4.69) is 25.9 Å². The molecule has 1 aliphatic carbocycles. The van der Waals surface area contributed by atoms with Gasteiger partial charge in [-0.1, -0.05) is 122 Å². The lowest BCUT2D eigenvalue weighted by atomic mass is 9.91. The summed E-state index contributed by atoms with van der Waals surface area (Å²) in [6.45, 7) is 3.56. The molecule has 0 radical (unpaired) electrons. The van der Waals surface area contributed by atoms with Crippen LogP contribution in [0, 0.1) is 17.8 Å². The number of hydrogen-bond donors (Lipinski definition) is 1. The number of unbranched alkanes of at least 4 members (excludes halogenated alkanes) is 12. The average molecular weight is 466 g/mol. The molecule has 1 saturated carbocycles. The highest BCUT2D eigenvalue weighted by Gasteiger charge is 2.35. The van der Waals surface area contributed by atoms with E-state index in [1.165, 1.54) is 129 Å². The van der Waals surface area contributed by atoms with Crippen LogP contribution in [0.25, 0.3) is 0 Å². The Bertz CT molecular complexity index is 451. The second-order valence-corrected chi connectivity index (χ2v) is 11.5. The van der Waals surface area contributed by atoms with Crippen molar-refractivity contribution >= 4 is 5.97 Å². The van der Waals surface area contributed by atoms with Crippen LogP contribution >= 0.6 is 0 Å². The van der Waals surface area contributed by atoms with Gasteiger partial charge in [-0.3, -0.25) is 4.79 Å². The average Bonchev–Trinajstić information content (AvgIpc) is 3.53. The highest BCUT2D eigenvalue weighted by Crippen LogP contribution is 2.45. The van der Waals surface area contributed by atoms with Crippen molar-refractivity contribution in [2.45, 2.75) is 148 Å². The molecule has 0 aromatic rings. The lowest BCUT2D eigenvalue weighted by Gasteiger charge is -2.19. The fourth-order valence-corrected chi connectivity index (χ4v) is 5.51. The number of nitrogens with zero attached hydrogens (tertiary/aromatic N) is 1. The minimum Gasteiger partial charge on any atom is -0.481 e. The van der Waals surface area contributed by atoms with Gasteiger partial charge in [0, 0.05) is 6.42 Å². The van der Waals surface area contributed by atoms with Crippen LogP contribution < -0.4 is 0 Å². The summed E-state index contributed by atoms with van der Waals surface area (Å²) in [5.41, 5.74) is 0. The van der Waals surface area contributed by atoms with Crippen LogP contribution in [0.2, 0.25) is 0 Å². The molecule has 3 nitrogen and oxygen atoms in total. The number of carboxylic acid groups (broad SMARTS) is 1. The van der Waals surface area contributed by atoms with Crippen molar-refractivity contribution in [3.8, 4) is 0 Å². The minimum absolute atomic E-state index is 0.351. The second kappa shape index (κ2) is 20.8. The zero-order valence-electron chi connectivity index (χ0n) is 22.8. The fourth-order valence-electron chi connectivity index (χ4n) is 5.51. The maximum absolute atomic E-state index is 10.5. The Morgan fingerprint density at radius 1 is 0.727 bits per heavy atom. The molecule has 0 bridgehead atoms. The van der Waals surface area contributed by atoms with Gasteiger partial charge in [0.05, 0.1) is 0 Å². The van der Waals surface area contributed by atoms with E-state index in [-0.39, 0.29) is 0 Å². The molecule has 0 amide bonds. The molecule has 3 atom stereocenters. The van der Waals surface area contributed by atoms with Gasteiger partial charge in [-0.2, -0.15) is 0 Å². The second-order valence-electron chi connectivity index (χ2n) is 11.5. The molecule has 3 unspecified atom stereocenters. The largest absolute Gasteiger partial charge is 0.481 e. The molecule has 0 heterocycles. The van der Waals surface area contributed by atoms with E-state index in [1.54, 1.807) is 0 Å². The molecule has 1 N–H and O–H groups in total. The number of rotatable bonds is 25. The SMILES string of the molecule is CCCCCCCCC(CCCCCCCCC1CC1CCCCCC(=O)O)CCN(C)C. The monoisotopic (exact) mass is 465 g/mol. The van der Waals surface area contributed by atoms with Gasteiger partial charge in [0.25, 0.3) is 0 Å². The molecule has 0 aromatic carbocycles. The maximum Gasteiger partial charge on any atom is 0.303 e. The quantitative estimate of drug-likeness (QED) is 0.137. The van der Waals surface area contributed by atoms with Crippen molar-refractivity contribution < 1.29 is 9.90 Å². The Kier molecular flexibility index (Phi) is 19.2. The van der Waals surface area contributed by atoms with E-state index in [0.29, 0.717) is 6.42 Å². The van der Waals surface area contributed by atoms with E-state index in [9.17, 15) is 4.79 Å². The van der Waals surface area contributed by atoms with E-state index < -0.39 is 5.97 Å². The molecule has 33 heavy (non-hydrogen) atoms. The van der Waals surface area contributed by atoms with Crippen molar-refractivity contribution in [3.63, 3.8) is 0 Å². The minimum atomic E-state index is -0.642. The summed E-state index contributed by atoms with van der Waals surface area (Å²) in [4.78, 5) is 12.9. The van der Waals surface area contributed by atoms with Gasteiger partial charge in [-0.05, 0) is 57.7 Å². The fraction of sp³-hybridized carbons (Fsp3) is 0.967. The lowest BCUT2D eigenvalue weighted by molar-refractivity contribution is -0.137. The molecule has 0 aromatic heterocycles. The first-order valence-corrected chi connectivity index (χ1v) is 14.9. The van der Waals surface area contributed by atoms with Gasteiger partial charge < -0.3 is 10.0 Å². The molecule has 196 valence electrons. The van der Waals surface area contributed by atoms with Crippen molar-refractivity contribution in [1.29, 1.82) is 0 Å². The van der Waals surface area contributed by atoms with Crippen LogP contribution in [0.5, 0.6) is 0 Å². The molecule has 0 saturated heterocycles. The molecular weight excluding hydrogens is 406 g/mol. The maximum atomic E-state index is 10.5. The number of carboxylic acids is 1. The molecule has 0 aliphatic heterocycles. The van der Waals surface area contributed by atoms with Crippen molar-refractivity contribution in [2.75, 3.05) is 20.6 Å². The van der Waals surface area contributed by atoms with E-state index in [1.807, 2.05) is 0 Å². The zero-order valence-corrected chi connectivity index (χ0v) is 22.8. The van der Waals surface area contributed by atoms with Crippen LogP contribution in [0.4, 0.5) is 0 Å². The summed E-state index contributed by atoms with van der Waals surface area (Å²) < 4.78 is 0. The Labute approximate surface area is 207 Å². The predicted octanol–water partition coefficient (Wildman–Crippen LogP) is 9.10. The summed E-state index contributed by atoms with van der Waals surface area (Å²) in [6, 6.07) is 0. The van der Waals surface area contributed by atoms with Crippen molar-refractivity contribution in [3.05, 3.63) is 0 Å². The van der Waals surface area contributed by atoms with Gasteiger partial charge in [0.2, 0.25) is 0 Å². The van der Waals surface area contributed by atoms with Crippen molar-refractivity contribution in [2.24, 2.45) is 17.8 Å². The van der Waals surface area contributed by atoms with E-state index in [0.717, 1.165) is 30.6 Å². The molecule has 0 spiro atoms. The van der Waals surface area contributed by atoms with Gasteiger partial charge in [-0.25, -0.2) is 0 Å². The normalized spacial score (nSPS) is 18.7. The first-order valence-electron chi connectivity index (χ1n) is 14.9. The van der Waals surface area contributed by atoms with Crippen LogP contribution in [0.15, 0.2) is 0 Å². The molecule has 1 fully saturated rings. The first-order chi connectivity index (χ1) is 16.0. The molecular formula is C30H59NO2. The Morgan fingerprint density at radius 3 is 1.73 bits per heavy atom. The Balaban J connectivity index is 1.94. The van der Waals surface area contributed by atoms with E-state index >= 15 is 0 Å². The Hall–Kier alpha value is -0.570. The summed E-state index contributed by atoms with van der Waals surface area (Å²) >= 11 is 0. The molecule has 1 rings (SSSR count).